The second-order valence-electron chi connectivity index (χ2n) is 9.63. The largest absolute Gasteiger partial charge is 0.490 e. The fourth-order valence-electron chi connectivity index (χ4n) is 4.85. The van der Waals surface area contributed by atoms with Crippen LogP contribution >= 0.6 is 0 Å². The van der Waals surface area contributed by atoms with Crippen molar-refractivity contribution >= 4 is 0 Å². The number of benzene rings is 3. The Morgan fingerprint density at radius 3 is 2.17 bits per heavy atom. The number of hydrogen-bond donors (Lipinski definition) is 0. The zero-order chi connectivity index (χ0) is 25.5. The van der Waals surface area contributed by atoms with Gasteiger partial charge in [-0.15, -0.1) is 0 Å². The summed E-state index contributed by atoms with van der Waals surface area (Å²) in [5, 5.41) is 0. The Labute approximate surface area is 212 Å². The third-order valence-corrected chi connectivity index (χ3v) is 6.98. The van der Waals surface area contributed by atoms with Gasteiger partial charge in [-0.1, -0.05) is 69.5 Å². The lowest BCUT2D eigenvalue weighted by Gasteiger charge is -2.29. The Morgan fingerprint density at radius 1 is 0.806 bits per heavy atom. The highest BCUT2D eigenvalue weighted by atomic mass is 19.2. The maximum atomic E-state index is 15.1. The van der Waals surface area contributed by atoms with Crippen molar-refractivity contribution < 1.29 is 22.6 Å². The van der Waals surface area contributed by atoms with Gasteiger partial charge in [-0.3, -0.25) is 0 Å². The molecule has 0 bridgehead atoms. The van der Waals surface area contributed by atoms with Crippen LogP contribution in [0, 0.1) is 17.5 Å². The lowest BCUT2D eigenvalue weighted by atomic mass is 9.89. The molecule has 1 aliphatic heterocycles. The summed E-state index contributed by atoms with van der Waals surface area (Å²) in [4.78, 5) is 0. The molecule has 0 amide bonds. The van der Waals surface area contributed by atoms with E-state index < -0.39 is 11.6 Å². The van der Waals surface area contributed by atoms with Crippen molar-refractivity contribution in [1.29, 1.82) is 0 Å². The van der Waals surface area contributed by atoms with Gasteiger partial charge in [-0.05, 0) is 60.6 Å². The van der Waals surface area contributed by atoms with Gasteiger partial charge >= 0.3 is 0 Å². The number of hydrogen-bond acceptors (Lipinski definition) is 2. The van der Waals surface area contributed by atoms with E-state index >= 15 is 4.39 Å². The molecule has 1 heterocycles. The SMILES string of the molecule is CCCCCC1CCC(c2ccc(-c3ccc(-c4ccc(OCCC)c(F)c4F)cc3)c(F)c2)CO1. The summed E-state index contributed by atoms with van der Waals surface area (Å²) in [5.74, 6) is -2.12. The first kappa shape index (κ1) is 26.3. The van der Waals surface area contributed by atoms with E-state index in [9.17, 15) is 8.78 Å². The summed E-state index contributed by atoms with van der Waals surface area (Å²) in [5.41, 5.74) is 2.78. The molecule has 0 spiro atoms. The van der Waals surface area contributed by atoms with E-state index in [4.69, 9.17) is 9.47 Å². The Balaban J connectivity index is 1.44. The molecule has 1 aliphatic rings. The number of ether oxygens (including phenoxy) is 2. The smallest absolute Gasteiger partial charge is 0.201 e. The standard InChI is InChI=1S/C31H35F3O2/c1-3-5-6-7-25-14-12-24(20-36-25)23-13-15-26(28(32)19-23)21-8-10-22(11-9-21)27-16-17-29(35-18-4-2)31(34)30(27)33/h8-11,13,15-17,19,24-25H,3-7,12,14,18,20H2,1-2H3. The lowest BCUT2D eigenvalue weighted by Crippen LogP contribution is -2.24. The maximum absolute atomic E-state index is 15.1. The molecule has 3 aromatic carbocycles. The van der Waals surface area contributed by atoms with Gasteiger partial charge < -0.3 is 9.47 Å². The summed E-state index contributed by atoms with van der Waals surface area (Å²) in [6, 6.07) is 15.2. The second-order valence-corrected chi connectivity index (χ2v) is 9.63. The van der Waals surface area contributed by atoms with E-state index in [1.54, 1.807) is 36.4 Å². The van der Waals surface area contributed by atoms with Crippen LogP contribution in [0.3, 0.4) is 0 Å². The van der Waals surface area contributed by atoms with Gasteiger partial charge in [0.25, 0.3) is 0 Å². The van der Waals surface area contributed by atoms with Crippen molar-refractivity contribution in [2.24, 2.45) is 0 Å². The molecule has 0 N–H and O–H groups in total. The van der Waals surface area contributed by atoms with Gasteiger partial charge in [-0.25, -0.2) is 8.78 Å². The normalized spacial score (nSPS) is 17.8. The zero-order valence-electron chi connectivity index (χ0n) is 21.2. The second kappa shape index (κ2) is 12.4. The topological polar surface area (TPSA) is 18.5 Å². The predicted octanol–water partition coefficient (Wildman–Crippen LogP) is 9.07. The summed E-state index contributed by atoms with van der Waals surface area (Å²) >= 11 is 0. The van der Waals surface area contributed by atoms with Crippen LogP contribution < -0.4 is 4.74 Å². The van der Waals surface area contributed by atoms with Crippen LogP contribution in [0.5, 0.6) is 5.75 Å². The molecule has 1 fully saturated rings. The van der Waals surface area contributed by atoms with Crippen molar-refractivity contribution in [3.63, 3.8) is 0 Å². The molecule has 2 nitrogen and oxygen atoms in total. The molecule has 0 aromatic heterocycles. The summed E-state index contributed by atoms with van der Waals surface area (Å²) < 4.78 is 55.5. The molecule has 2 unspecified atom stereocenters. The summed E-state index contributed by atoms with van der Waals surface area (Å²) in [7, 11) is 0. The van der Waals surface area contributed by atoms with Crippen molar-refractivity contribution in [1.82, 2.24) is 0 Å². The Kier molecular flexibility index (Phi) is 9.08. The Bertz CT molecular complexity index is 1140. The summed E-state index contributed by atoms with van der Waals surface area (Å²) in [6.07, 6.45) is 7.82. The van der Waals surface area contributed by atoms with Gasteiger partial charge in [0.2, 0.25) is 5.82 Å². The minimum absolute atomic E-state index is 0.0905. The first-order valence-corrected chi connectivity index (χ1v) is 13.1. The third kappa shape index (κ3) is 6.12. The van der Waals surface area contributed by atoms with Crippen LogP contribution in [0.4, 0.5) is 13.2 Å². The third-order valence-electron chi connectivity index (χ3n) is 6.98. The van der Waals surface area contributed by atoms with E-state index in [1.165, 1.54) is 31.4 Å². The van der Waals surface area contributed by atoms with E-state index in [0.29, 0.717) is 42.4 Å². The van der Waals surface area contributed by atoms with Crippen LogP contribution in [-0.2, 0) is 4.74 Å². The minimum atomic E-state index is -0.995. The van der Waals surface area contributed by atoms with Gasteiger partial charge in [0.1, 0.15) is 5.82 Å². The number of halogens is 3. The molecule has 2 atom stereocenters. The van der Waals surface area contributed by atoms with Gasteiger partial charge in [0.05, 0.1) is 19.3 Å². The van der Waals surface area contributed by atoms with Crippen LogP contribution in [-0.4, -0.2) is 19.3 Å². The van der Waals surface area contributed by atoms with Gasteiger partial charge in [0.15, 0.2) is 11.6 Å². The fraction of sp³-hybridized carbons (Fsp3) is 0.419. The molecule has 0 aliphatic carbocycles. The average Bonchev–Trinajstić information content (AvgIpc) is 2.90. The Hall–Kier alpha value is -2.79. The van der Waals surface area contributed by atoms with Gasteiger partial charge in [0, 0.05) is 17.0 Å². The van der Waals surface area contributed by atoms with Crippen molar-refractivity contribution in [3.05, 3.63) is 77.6 Å². The van der Waals surface area contributed by atoms with Crippen LogP contribution in [0.1, 0.15) is 70.3 Å². The number of unbranched alkanes of at least 4 members (excludes halogenated alkanes) is 2. The highest BCUT2D eigenvalue weighted by Gasteiger charge is 2.23. The van der Waals surface area contributed by atoms with E-state index in [-0.39, 0.29) is 23.0 Å². The van der Waals surface area contributed by atoms with Crippen LogP contribution in [0.25, 0.3) is 22.3 Å². The summed E-state index contributed by atoms with van der Waals surface area (Å²) in [6.45, 7) is 5.06. The quantitative estimate of drug-likeness (QED) is 0.261. The van der Waals surface area contributed by atoms with E-state index in [1.807, 2.05) is 13.0 Å². The van der Waals surface area contributed by atoms with E-state index in [2.05, 4.69) is 6.92 Å². The maximum Gasteiger partial charge on any atom is 0.201 e. The minimum Gasteiger partial charge on any atom is -0.490 e. The van der Waals surface area contributed by atoms with Crippen molar-refractivity contribution in [3.8, 4) is 28.0 Å². The molecule has 4 rings (SSSR count). The first-order valence-electron chi connectivity index (χ1n) is 13.1. The molecule has 1 saturated heterocycles. The average molecular weight is 497 g/mol. The molecule has 0 radical (unpaired) electrons. The molecule has 0 saturated carbocycles. The molecule has 36 heavy (non-hydrogen) atoms. The zero-order valence-corrected chi connectivity index (χ0v) is 21.2. The Morgan fingerprint density at radius 2 is 1.53 bits per heavy atom. The highest BCUT2D eigenvalue weighted by Crippen LogP contribution is 2.34. The number of rotatable bonds is 10. The predicted molar refractivity (Wildman–Crippen MR) is 139 cm³/mol. The fourth-order valence-corrected chi connectivity index (χ4v) is 4.85. The van der Waals surface area contributed by atoms with Gasteiger partial charge in [-0.2, -0.15) is 4.39 Å². The van der Waals surface area contributed by atoms with Crippen molar-refractivity contribution in [2.75, 3.05) is 13.2 Å². The molecule has 192 valence electrons. The van der Waals surface area contributed by atoms with Crippen LogP contribution in [0.15, 0.2) is 54.6 Å². The lowest BCUT2D eigenvalue weighted by molar-refractivity contribution is -0.00211. The van der Waals surface area contributed by atoms with Crippen molar-refractivity contribution in [2.45, 2.75) is 70.8 Å². The van der Waals surface area contributed by atoms with Crippen LogP contribution in [0.2, 0.25) is 0 Å². The van der Waals surface area contributed by atoms with E-state index in [0.717, 1.165) is 24.8 Å². The monoisotopic (exact) mass is 496 g/mol. The molecule has 3 aromatic rings. The molecule has 5 heteroatoms. The highest BCUT2D eigenvalue weighted by molar-refractivity contribution is 5.71. The first-order chi connectivity index (χ1) is 17.5. The molecular weight excluding hydrogens is 461 g/mol. The molecular formula is C31H35F3O2.